The van der Waals surface area contributed by atoms with Crippen molar-refractivity contribution in [3.63, 3.8) is 0 Å². The van der Waals surface area contributed by atoms with E-state index in [0.717, 1.165) is 18.7 Å². The number of hydrogen-bond donors (Lipinski definition) is 1. The molecule has 0 aromatic heterocycles. The Kier molecular flexibility index (Phi) is 3.93. The van der Waals surface area contributed by atoms with E-state index in [1.165, 1.54) is 17.2 Å². The van der Waals surface area contributed by atoms with E-state index in [1.807, 2.05) is 24.3 Å². The molecule has 0 saturated heterocycles. The first-order valence-electron chi connectivity index (χ1n) is 7.44. The van der Waals surface area contributed by atoms with Gasteiger partial charge in [0.05, 0.1) is 0 Å². The zero-order chi connectivity index (χ0) is 14.8. The predicted octanol–water partition coefficient (Wildman–Crippen LogP) is 4.31. The second-order valence-electron chi connectivity index (χ2n) is 5.52. The molecule has 0 saturated carbocycles. The summed E-state index contributed by atoms with van der Waals surface area (Å²) in [5.41, 5.74) is 3.01. The van der Waals surface area contributed by atoms with Crippen molar-refractivity contribution in [2.75, 3.05) is 6.54 Å². The molecule has 2 aromatic carbocycles. The quantitative estimate of drug-likeness (QED) is 0.907. The summed E-state index contributed by atoms with van der Waals surface area (Å²) >= 11 is 0. The Labute approximate surface area is 125 Å². The molecule has 0 radical (unpaired) electrons. The van der Waals surface area contributed by atoms with Crippen LogP contribution in [0.4, 0.5) is 4.39 Å². The fourth-order valence-corrected chi connectivity index (χ4v) is 2.96. The summed E-state index contributed by atoms with van der Waals surface area (Å²) in [4.78, 5) is 0. The van der Waals surface area contributed by atoms with Gasteiger partial charge in [0.25, 0.3) is 0 Å². The summed E-state index contributed by atoms with van der Waals surface area (Å²) < 4.78 is 20.1. The Hall–Kier alpha value is -1.87. The summed E-state index contributed by atoms with van der Waals surface area (Å²) in [5.74, 6) is 0.652. The molecule has 0 bridgehead atoms. The molecule has 1 aliphatic rings. The maximum atomic E-state index is 14.0. The van der Waals surface area contributed by atoms with Crippen molar-refractivity contribution >= 4 is 0 Å². The molecule has 21 heavy (non-hydrogen) atoms. The van der Waals surface area contributed by atoms with Gasteiger partial charge in [-0.25, -0.2) is 4.39 Å². The van der Waals surface area contributed by atoms with Crippen LogP contribution in [0.2, 0.25) is 0 Å². The van der Waals surface area contributed by atoms with E-state index in [-0.39, 0.29) is 18.0 Å². The minimum absolute atomic E-state index is 0.197. The standard InChI is InChI=1S/C18H20FNO/c1-3-20-16-11-18(13-6-4-5-7-15(13)19)21-17-9-8-12(2)10-14(16)17/h4-10,16,18,20H,3,11H2,1-2H3. The van der Waals surface area contributed by atoms with Gasteiger partial charge in [-0.1, -0.05) is 42.8 Å². The van der Waals surface area contributed by atoms with Gasteiger partial charge in [0.15, 0.2) is 0 Å². The van der Waals surface area contributed by atoms with E-state index in [1.54, 1.807) is 6.07 Å². The fourth-order valence-electron chi connectivity index (χ4n) is 2.96. The van der Waals surface area contributed by atoms with Gasteiger partial charge in [-0.3, -0.25) is 0 Å². The number of ether oxygens (including phenoxy) is 1. The molecule has 0 aliphatic carbocycles. The molecule has 2 aromatic rings. The number of nitrogens with one attached hydrogen (secondary N) is 1. The lowest BCUT2D eigenvalue weighted by molar-refractivity contribution is 0.148. The number of halogens is 1. The van der Waals surface area contributed by atoms with Crippen molar-refractivity contribution in [3.05, 3.63) is 65.0 Å². The SMILES string of the molecule is CCNC1CC(c2ccccc2F)Oc2ccc(C)cc21. The van der Waals surface area contributed by atoms with Gasteiger partial charge in [0.1, 0.15) is 17.7 Å². The van der Waals surface area contributed by atoms with Crippen LogP contribution in [0.5, 0.6) is 5.75 Å². The minimum atomic E-state index is -0.245. The lowest BCUT2D eigenvalue weighted by atomic mass is 9.92. The van der Waals surface area contributed by atoms with Crippen LogP contribution in [0, 0.1) is 12.7 Å². The van der Waals surface area contributed by atoms with E-state index >= 15 is 0 Å². The molecule has 0 amide bonds. The first kappa shape index (κ1) is 14.1. The number of hydrogen-bond acceptors (Lipinski definition) is 2. The molecule has 1 aliphatic heterocycles. The molecular formula is C18H20FNO. The van der Waals surface area contributed by atoms with Crippen LogP contribution in [-0.4, -0.2) is 6.54 Å². The maximum Gasteiger partial charge on any atom is 0.130 e. The Morgan fingerprint density at radius 1 is 1.19 bits per heavy atom. The number of aryl methyl sites for hydroxylation is 1. The van der Waals surface area contributed by atoms with Crippen LogP contribution in [0.3, 0.4) is 0 Å². The van der Waals surface area contributed by atoms with E-state index in [2.05, 4.69) is 25.2 Å². The lowest BCUT2D eigenvalue weighted by Crippen LogP contribution is -2.29. The normalized spacial score (nSPS) is 20.7. The van der Waals surface area contributed by atoms with Crippen molar-refractivity contribution in [3.8, 4) is 5.75 Å². The van der Waals surface area contributed by atoms with Crippen molar-refractivity contribution in [2.24, 2.45) is 0 Å². The van der Waals surface area contributed by atoms with Gasteiger partial charge in [-0.05, 0) is 25.6 Å². The van der Waals surface area contributed by atoms with Crippen LogP contribution in [-0.2, 0) is 0 Å². The Morgan fingerprint density at radius 2 is 2.00 bits per heavy atom. The molecule has 3 heteroatoms. The van der Waals surface area contributed by atoms with Gasteiger partial charge in [-0.2, -0.15) is 0 Å². The van der Waals surface area contributed by atoms with E-state index in [4.69, 9.17) is 4.74 Å². The van der Waals surface area contributed by atoms with Gasteiger partial charge in [0, 0.05) is 23.6 Å². The minimum Gasteiger partial charge on any atom is -0.485 e. The molecule has 3 rings (SSSR count). The average molecular weight is 285 g/mol. The largest absolute Gasteiger partial charge is 0.485 e. The summed E-state index contributed by atoms with van der Waals surface area (Å²) in [5, 5.41) is 3.48. The van der Waals surface area contributed by atoms with Gasteiger partial charge < -0.3 is 10.1 Å². The maximum absolute atomic E-state index is 14.0. The van der Waals surface area contributed by atoms with Crippen LogP contribution in [0.25, 0.3) is 0 Å². The Balaban J connectivity index is 1.98. The zero-order valence-corrected chi connectivity index (χ0v) is 12.4. The molecule has 110 valence electrons. The molecule has 2 unspecified atom stereocenters. The molecule has 0 fully saturated rings. The smallest absolute Gasteiger partial charge is 0.130 e. The summed E-state index contributed by atoms with van der Waals surface area (Å²) in [6.07, 6.45) is 0.496. The van der Waals surface area contributed by atoms with Crippen molar-refractivity contribution in [1.82, 2.24) is 5.32 Å². The van der Waals surface area contributed by atoms with E-state index in [9.17, 15) is 4.39 Å². The first-order chi connectivity index (χ1) is 10.2. The second-order valence-corrected chi connectivity index (χ2v) is 5.52. The highest BCUT2D eigenvalue weighted by Crippen LogP contribution is 2.41. The van der Waals surface area contributed by atoms with Gasteiger partial charge >= 0.3 is 0 Å². The predicted molar refractivity (Wildman–Crippen MR) is 82.0 cm³/mol. The monoisotopic (exact) mass is 285 g/mol. The Morgan fingerprint density at radius 3 is 2.76 bits per heavy atom. The highest BCUT2D eigenvalue weighted by molar-refractivity contribution is 5.42. The number of rotatable bonds is 3. The highest BCUT2D eigenvalue weighted by atomic mass is 19.1. The summed E-state index contributed by atoms with van der Waals surface area (Å²) in [7, 11) is 0. The molecular weight excluding hydrogens is 265 g/mol. The van der Waals surface area contributed by atoms with Crippen LogP contribution in [0.1, 0.15) is 42.2 Å². The third kappa shape index (κ3) is 2.79. The zero-order valence-electron chi connectivity index (χ0n) is 12.4. The van der Waals surface area contributed by atoms with Crippen LogP contribution < -0.4 is 10.1 Å². The second kappa shape index (κ2) is 5.86. The molecule has 1 N–H and O–H groups in total. The molecule has 2 nitrogen and oxygen atoms in total. The third-order valence-corrected chi connectivity index (χ3v) is 3.96. The van der Waals surface area contributed by atoms with Crippen LogP contribution >= 0.6 is 0 Å². The Bertz CT molecular complexity index is 641. The number of benzene rings is 2. The first-order valence-corrected chi connectivity index (χ1v) is 7.44. The molecule has 0 spiro atoms. The van der Waals surface area contributed by atoms with Crippen LogP contribution in [0.15, 0.2) is 42.5 Å². The van der Waals surface area contributed by atoms with Crippen molar-refractivity contribution in [1.29, 1.82) is 0 Å². The molecule has 2 atom stereocenters. The lowest BCUT2D eigenvalue weighted by Gasteiger charge is -2.33. The van der Waals surface area contributed by atoms with Gasteiger partial charge in [0.2, 0.25) is 0 Å². The fraction of sp³-hybridized carbons (Fsp3) is 0.333. The average Bonchev–Trinajstić information content (AvgIpc) is 2.48. The third-order valence-electron chi connectivity index (χ3n) is 3.96. The topological polar surface area (TPSA) is 21.3 Å². The number of fused-ring (bicyclic) bond motifs is 1. The summed E-state index contributed by atoms with van der Waals surface area (Å²) in [6, 6.07) is 13.2. The van der Waals surface area contributed by atoms with E-state index in [0.29, 0.717) is 5.56 Å². The van der Waals surface area contributed by atoms with Crippen molar-refractivity contribution in [2.45, 2.75) is 32.4 Å². The molecule has 1 heterocycles. The van der Waals surface area contributed by atoms with E-state index < -0.39 is 0 Å². The van der Waals surface area contributed by atoms with Crippen molar-refractivity contribution < 1.29 is 9.13 Å². The van der Waals surface area contributed by atoms with Gasteiger partial charge in [-0.15, -0.1) is 0 Å². The highest BCUT2D eigenvalue weighted by Gasteiger charge is 2.30. The summed E-state index contributed by atoms with van der Waals surface area (Å²) in [6.45, 7) is 5.04.